The van der Waals surface area contributed by atoms with Crippen molar-refractivity contribution in [3.63, 3.8) is 0 Å². The molecule has 0 bridgehead atoms. The van der Waals surface area contributed by atoms with Gasteiger partial charge >= 0.3 is 0 Å². The minimum absolute atomic E-state index is 0.00463. The lowest BCUT2D eigenvalue weighted by atomic mass is 10.4. The quantitative estimate of drug-likeness (QED) is 0.852. The van der Waals surface area contributed by atoms with Gasteiger partial charge < -0.3 is 9.84 Å². The lowest BCUT2D eigenvalue weighted by Gasteiger charge is -1.85. The highest BCUT2D eigenvalue weighted by Crippen LogP contribution is 2.07. The number of aryl methyl sites for hydroxylation is 1. The molecule has 1 aliphatic heterocycles. The van der Waals surface area contributed by atoms with Gasteiger partial charge in [0, 0.05) is 20.6 Å². The van der Waals surface area contributed by atoms with Crippen LogP contribution < -0.4 is 0 Å². The van der Waals surface area contributed by atoms with Crippen molar-refractivity contribution in [1.29, 1.82) is 0 Å². The van der Waals surface area contributed by atoms with Gasteiger partial charge in [-0.05, 0) is 22.1 Å². The summed E-state index contributed by atoms with van der Waals surface area (Å²) in [6, 6.07) is -1.27. The van der Waals surface area contributed by atoms with Gasteiger partial charge in [0.05, 0.1) is 30.9 Å². The molecule has 0 atom stereocenters. The van der Waals surface area contributed by atoms with Gasteiger partial charge in [-0.25, -0.2) is 0 Å². The van der Waals surface area contributed by atoms with Crippen LogP contribution in [0.3, 0.4) is 0 Å². The maximum atomic E-state index is 8.98. The molecule has 2 aromatic rings. The van der Waals surface area contributed by atoms with Crippen molar-refractivity contribution < 1.29 is 30.4 Å². The zero-order chi connectivity index (χ0) is 24.7. The lowest BCUT2D eigenvalue weighted by Crippen LogP contribution is -1.84. The van der Waals surface area contributed by atoms with Crippen LogP contribution in [0, 0.1) is 0 Å². The van der Waals surface area contributed by atoms with Gasteiger partial charge in [-0.3, -0.25) is 0 Å². The topological polar surface area (TPSA) is 32.8 Å². The molecule has 0 radical (unpaired) electrons. The Morgan fingerprint density at radius 1 is 1.38 bits per heavy atom. The highest BCUT2D eigenvalue weighted by molar-refractivity contribution is 7.09. The molecule has 0 unspecified atom stereocenters. The van der Waals surface area contributed by atoms with E-state index < -0.39 is 43.0 Å². The third-order valence-corrected chi connectivity index (χ3v) is 1.94. The minimum atomic E-state index is -3.15. The molecule has 2 aromatic heterocycles. The molecule has 1 N–H and O–H groups in total. The van der Waals surface area contributed by atoms with Crippen LogP contribution in [0.15, 0.2) is 40.2 Å². The summed E-state index contributed by atoms with van der Waals surface area (Å²) in [5, 5.41) is 8.68. The summed E-state index contributed by atoms with van der Waals surface area (Å²) in [6.07, 6.45) is -2.79. The molecule has 88 valence electrons. The Hall–Kier alpha value is -0.680. The molecule has 1 aliphatic rings. The van der Waals surface area contributed by atoms with Gasteiger partial charge in [0.2, 0.25) is 0 Å². The van der Waals surface area contributed by atoms with Crippen LogP contribution >= 0.6 is 22.7 Å². The van der Waals surface area contributed by atoms with E-state index in [0.717, 1.165) is 11.3 Å². The van der Waals surface area contributed by atoms with Crippen LogP contribution in [-0.4, -0.2) is 24.8 Å². The van der Waals surface area contributed by atoms with Crippen molar-refractivity contribution in [3.05, 3.63) is 45.1 Å². The summed E-state index contributed by atoms with van der Waals surface area (Å²) in [4.78, 5) is -0.440. The van der Waals surface area contributed by atoms with Crippen molar-refractivity contribution in [2.24, 2.45) is 0 Å². The Balaban J connectivity index is 0.000000254. The third kappa shape index (κ3) is 8.61. The fourth-order valence-corrected chi connectivity index (χ4v) is 1.08. The predicted octanol–water partition coefficient (Wildman–Crippen LogP) is 3.05. The second kappa shape index (κ2) is 9.54. The summed E-state index contributed by atoms with van der Waals surface area (Å²) < 4.78 is 108. The summed E-state index contributed by atoms with van der Waals surface area (Å²) in [7, 11) is 0. The van der Waals surface area contributed by atoms with E-state index in [9.17, 15) is 0 Å². The van der Waals surface area contributed by atoms with E-state index in [0.29, 0.717) is 11.3 Å². The number of hydrogen-bond acceptors (Lipinski definition) is 4. The Bertz CT molecular complexity index is 895. The molecule has 1 saturated heterocycles. The Morgan fingerprint density at radius 3 is 2.38 bits per heavy atom. The maximum absolute atomic E-state index is 8.98. The highest BCUT2D eigenvalue weighted by Gasteiger charge is 1.94. The van der Waals surface area contributed by atoms with E-state index in [1.165, 1.54) is 0 Å². The van der Waals surface area contributed by atoms with Crippen LogP contribution in [0.4, 0.5) is 0 Å². The molecule has 1 fully saturated rings. The minimum Gasteiger partial charge on any atom is -0.396 e. The first kappa shape index (κ1) is 3.42. The predicted molar refractivity (Wildman–Crippen MR) is 70.2 cm³/mol. The molecule has 0 amide bonds. The van der Waals surface area contributed by atoms with E-state index in [4.69, 9.17) is 25.7 Å². The first-order chi connectivity index (χ1) is 13.7. The standard InChI is InChI=1S/C6H8OS.C4H4S.C2H4O/c7-4-3-6-2-1-5-8-6;1-2-4-5-3-1;1-2-3-1/h1-2,5,7H,3-4H2;1-4H;1-2H2/i1D,2D,3D2,4D2,5D;1D,2D,3D,4D;1D2,2D2. The SMILES string of the molecule is [2H]C1([2H])OC1([2H])[2H].[2H]c1sc(C([2H])([2H])C([2H])([2H])O)c([2H])c1[2H].[2H]c1sc([2H])c([2H])c1[2H]. The number of ether oxygens (including phenoxy) is 1. The number of thiophene rings is 2. The molecule has 0 aromatic carbocycles. The molecular formula is C12H16O2S2. The lowest BCUT2D eigenvalue weighted by molar-refractivity contribution is 0.300. The zero-order valence-electron chi connectivity index (χ0n) is 22.7. The van der Waals surface area contributed by atoms with E-state index in [1.807, 2.05) is 0 Å². The van der Waals surface area contributed by atoms with Crippen molar-refractivity contribution >= 4 is 22.7 Å². The molecule has 3 rings (SSSR count). The van der Waals surface area contributed by atoms with Gasteiger partial charge in [-0.15, -0.1) is 11.3 Å². The number of rotatable bonds is 2. The van der Waals surface area contributed by atoms with Gasteiger partial charge in [0.1, 0.15) is 0 Å². The fourth-order valence-electron chi connectivity index (χ4n) is 0.419. The maximum Gasteiger partial charge on any atom is 0.0740 e. The molecule has 4 heteroatoms. The van der Waals surface area contributed by atoms with Crippen LogP contribution in [0.5, 0.6) is 0 Å². The normalized spacial score (nSPS) is 33.4. The van der Waals surface area contributed by atoms with Crippen molar-refractivity contribution in [3.8, 4) is 0 Å². The fraction of sp³-hybridized carbons (Fsp3) is 0.333. The monoisotopic (exact) mass is 271 g/mol. The van der Waals surface area contributed by atoms with Crippen molar-refractivity contribution in [2.75, 3.05) is 19.7 Å². The summed E-state index contributed by atoms with van der Waals surface area (Å²) in [6.45, 7) is -7.19. The van der Waals surface area contributed by atoms with Gasteiger partial charge in [0.15, 0.2) is 0 Å². The van der Waals surface area contributed by atoms with Crippen LogP contribution in [0.25, 0.3) is 0 Å². The number of aliphatic hydroxyl groups is 1. The summed E-state index contributed by atoms with van der Waals surface area (Å²) >= 11 is 1.35. The van der Waals surface area contributed by atoms with E-state index in [2.05, 4.69) is 4.74 Å². The third-order valence-electron chi connectivity index (χ3n) is 0.918. The second-order valence-electron chi connectivity index (χ2n) is 1.88. The van der Waals surface area contributed by atoms with E-state index in [1.54, 1.807) is 0 Å². The molecule has 0 spiro atoms. The first-order valence-corrected chi connectivity index (χ1v) is 5.33. The average Bonchev–Trinajstić information content (AvgIpc) is 2.82. The Kier molecular flexibility index (Phi) is 2.04. The van der Waals surface area contributed by atoms with E-state index in [-0.39, 0.29) is 28.2 Å². The number of hydrogen-bond donors (Lipinski definition) is 1. The molecule has 3 heterocycles. The van der Waals surface area contributed by atoms with Gasteiger partial charge in [0.25, 0.3) is 0 Å². The van der Waals surface area contributed by atoms with Crippen LogP contribution in [-0.2, 0) is 11.1 Å². The van der Waals surface area contributed by atoms with Gasteiger partial charge in [-0.2, -0.15) is 11.3 Å². The summed E-state index contributed by atoms with van der Waals surface area (Å²) in [5.74, 6) is 0. The average molecular weight is 271 g/mol. The second-order valence-corrected chi connectivity index (χ2v) is 3.31. The largest absolute Gasteiger partial charge is 0.396 e. The van der Waals surface area contributed by atoms with E-state index >= 15 is 0 Å². The Morgan fingerprint density at radius 2 is 2.06 bits per heavy atom. The van der Waals surface area contributed by atoms with Gasteiger partial charge in [-0.1, -0.05) is 18.1 Å². The molecular weight excluding hydrogens is 240 g/mol. The molecule has 0 saturated carbocycles. The number of epoxide rings is 1. The smallest absolute Gasteiger partial charge is 0.0740 e. The highest BCUT2D eigenvalue weighted by atomic mass is 32.1. The van der Waals surface area contributed by atoms with Crippen molar-refractivity contribution in [2.45, 2.75) is 6.37 Å². The molecule has 0 aliphatic carbocycles. The zero-order valence-corrected chi connectivity index (χ0v) is 9.30. The molecule has 2 nitrogen and oxygen atoms in total. The Labute approximate surface area is 125 Å². The first-order valence-electron chi connectivity index (χ1n) is 11.2. The van der Waals surface area contributed by atoms with Crippen LogP contribution in [0.1, 0.15) is 25.4 Å². The van der Waals surface area contributed by atoms with Crippen LogP contribution in [0.2, 0.25) is 0 Å². The molecule has 16 heavy (non-hydrogen) atoms. The summed E-state index contributed by atoms with van der Waals surface area (Å²) in [5.41, 5.74) is 0. The van der Waals surface area contributed by atoms with Crippen molar-refractivity contribution in [1.82, 2.24) is 0 Å².